The SMILES string of the molecule is Nc1ncnc2c1ncn2[C@@H]1O[C@H](COP(=O)(O)CC(=O)c2ccccc2O)[C@@H](O)[C@H]1O. The Morgan fingerprint density at radius 3 is 2.72 bits per heavy atom. The van der Waals surface area contributed by atoms with Crippen LogP contribution in [0.15, 0.2) is 36.9 Å². The van der Waals surface area contributed by atoms with Crippen molar-refractivity contribution in [3.63, 3.8) is 0 Å². The lowest BCUT2D eigenvalue weighted by atomic mass is 10.1. The molecule has 2 aromatic heterocycles. The number of hydrogen-bond donors (Lipinski definition) is 5. The lowest BCUT2D eigenvalue weighted by Gasteiger charge is -2.18. The van der Waals surface area contributed by atoms with Gasteiger partial charge in [0.2, 0.25) is 0 Å². The molecular weight excluding hydrogens is 445 g/mol. The third-order valence-electron chi connectivity index (χ3n) is 4.99. The zero-order valence-electron chi connectivity index (χ0n) is 16.4. The fourth-order valence-electron chi connectivity index (χ4n) is 3.36. The van der Waals surface area contributed by atoms with Gasteiger partial charge in [-0.1, -0.05) is 12.1 Å². The van der Waals surface area contributed by atoms with Gasteiger partial charge in [-0.3, -0.25) is 13.9 Å². The standard InChI is InChI=1S/C18H20N5O8P/c19-16-13-17(21-7-20-16)23(8-22-13)18-15(27)14(26)12(31-18)5-30-32(28,29)6-11(25)9-3-1-2-4-10(9)24/h1-4,7-8,12,14-15,18,24,26-27H,5-6H2,(H,28,29)(H2,19,20,21)/t12-,14-,15-,18-/m1/s1. The van der Waals surface area contributed by atoms with Crippen LogP contribution >= 0.6 is 7.60 Å². The second-order valence-electron chi connectivity index (χ2n) is 7.16. The molecule has 14 heteroatoms. The number of carbonyl (C=O) groups is 1. The van der Waals surface area contributed by atoms with Crippen molar-refractivity contribution in [2.75, 3.05) is 18.5 Å². The molecule has 1 aliphatic rings. The van der Waals surface area contributed by atoms with Gasteiger partial charge in [0.05, 0.1) is 18.5 Å². The van der Waals surface area contributed by atoms with Crippen LogP contribution in [-0.2, 0) is 13.8 Å². The fourth-order valence-corrected chi connectivity index (χ4v) is 4.37. The van der Waals surface area contributed by atoms with E-state index >= 15 is 0 Å². The normalized spacial score (nSPS) is 25.1. The number of aromatic nitrogens is 4. The fraction of sp³-hybridized carbons (Fsp3) is 0.333. The number of nitrogens with two attached hydrogens (primary N) is 1. The third kappa shape index (κ3) is 4.21. The van der Waals surface area contributed by atoms with Crippen LogP contribution in [0.3, 0.4) is 0 Å². The number of ether oxygens (including phenoxy) is 1. The number of carbonyl (C=O) groups excluding carboxylic acids is 1. The molecule has 0 bridgehead atoms. The molecule has 32 heavy (non-hydrogen) atoms. The molecule has 0 saturated carbocycles. The Morgan fingerprint density at radius 1 is 1.22 bits per heavy atom. The highest BCUT2D eigenvalue weighted by Gasteiger charge is 2.45. The first-order valence-corrected chi connectivity index (χ1v) is 11.2. The molecule has 170 valence electrons. The van der Waals surface area contributed by atoms with Gasteiger partial charge in [0.25, 0.3) is 0 Å². The van der Waals surface area contributed by atoms with Crippen molar-refractivity contribution in [2.45, 2.75) is 24.5 Å². The van der Waals surface area contributed by atoms with E-state index in [4.69, 9.17) is 15.0 Å². The summed E-state index contributed by atoms with van der Waals surface area (Å²) in [5, 5.41) is 30.5. The Kier molecular flexibility index (Phi) is 5.95. The number of nitrogen functional groups attached to an aromatic ring is 1. The largest absolute Gasteiger partial charge is 0.507 e. The van der Waals surface area contributed by atoms with Crippen LogP contribution in [0.25, 0.3) is 11.2 Å². The van der Waals surface area contributed by atoms with Crippen molar-refractivity contribution in [1.82, 2.24) is 19.5 Å². The van der Waals surface area contributed by atoms with Gasteiger partial charge in [0.1, 0.15) is 42.1 Å². The molecule has 3 aromatic rings. The quantitative estimate of drug-likeness (QED) is 0.228. The van der Waals surface area contributed by atoms with Gasteiger partial charge in [0.15, 0.2) is 23.5 Å². The second-order valence-corrected chi connectivity index (χ2v) is 9.01. The summed E-state index contributed by atoms with van der Waals surface area (Å²) in [6, 6.07) is 5.59. The molecule has 1 saturated heterocycles. The van der Waals surface area contributed by atoms with Crippen LogP contribution in [0.2, 0.25) is 0 Å². The number of rotatable bonds is 7. The molecule has 5 atom stereocenters. The predicted octanol–water partition coefficient (Wildman–Crippen LogP) is -0.182. The van der Waals surface area contributed by atoms with Gasteiger partial charge in [-0.15, -0.1) is 0 Å². The minimum atomic E-state index is -4.45. The summed E-state index contributed by atoms with van der Waals surface area (Å²) in [6.45, 7) is -0.583. The number of benzene rings is 1. The maximum Gasteiger partial charge on any atom is 0.335 e. The van der Waals surface area contributed by atoms with Crippen LogP contribution in [0, 0.1) is 0 Å². The van der Waals surface area contributed by atoms with E-state index in [1.807, 2.05) is 0 Å². The number of aliphatic hydroxyl groups excluding tert-OH is 2. The molecule has 4 rings (SSSR count). The van der Waals surface area contributed by atoms with Crippen LogP contribution in [0.1, 0.15) is 16.6 Å². The first-order chi connectivity index (χ1) is 15.2. The van der Waals surface area contributed by atoms with Crippen LogP contribution < -0.4 is 5.73 Å². The Balaban J connectivity index is 1.43. The lowest BCUT2D eigenvalue weighted by molar-refractivity contribution is -0.0484. The summed E-state index contributed by atoms with van der Waals surface area (Å²) in [5.41, 5.74) is 6.16. The number of fused-ring (bicyclic) bond motifs is 1. The van der Waals surface area contributed by atoms with Gasteiger partial charge in [-0.2, -0.15) is 0 Å². The van der Waals surface area contributed by atoms with Crippen molar-refractivity contribution in [2.24, 2.45) is 0 Å². The average Bonchev–Trinajstić information content (AvgIpc) is 3.29. The lowest BCUT2D eigenvalue weighted by Crippen LogP contribution is -2.33. The van der Waals surface area contributed by atoms with Gasteiger partial charge >= 0.3 is 7.60 Å². The molecule has 1 fully saturated rings. The molecule has 0 amide bonds. The van der Waals surface area contributed by atoms with E-state index < -0.39 is 50.7 Å². The third-order valence-corrected chi connectivity index (χ3v) is 6.23. The minimum Gasteiger partial charge on any atom is -0.507 e. The Morgan fingerprint density at radius 2 is 1.97 bits per heavy atom. The molecule has 0 aliphatic carbocycles. The number of ketones is 1. The predicted molar refractivity (Wildman–Crippen MR) is 109 cm³/mol. The number of phenols is 1. The molecule has 1 aromatic carbocycles. The second kappa shape index (κ2) is 8.54. The molecule has 3 heterocycles. The number of Topliss-reactive ketones (excluding diaryl/α,β-unsaturated/α-hetero) is 1. The summed E-state index contributed by atoms with van der Waals surface area (Å²) < 4.78 is 24.3. The zero-order chi connectivity index (χ0) is 23.0. The Labute approximate surface area is 180 Å². The number of hydrogen-bond acceptors (Lipinski definition) is 11. The van der Waals surface area contributed by atoms with Gasteiger partial charge in [-0.25, -0.2) is 15.0 Å². The highest BCUT2D eigenvalue weighted by molar-refractivity contribution is 7.53. The smallest absolute Gasteiger partial charge is 0.335 e. The average molecular weight is 465 g/mol. The molecule has 0 spiro atoms. The van der Waals surface area contributed by atoms with Crippen LogP contribution in [0.5, 0.6) is 5.75 Å². The van der Waals surface area contributed by atoms with E-state index in [9.17, 15) is 29.6 Å². The van der Waals surface area contributed by atoms with Crippen LogP contribution in [0.4, 0.5) is 5.82 Å². The number of nitrogens with zero attached hydrogens (tertiary/aromatic N) is 4. The highest BCUT2D eigenvalue weighted by Crippen LogP contribution is 2.44. The van der Waals surface area contributed by atoms with Crippen LogP contribution in [-0.4, -0.2) is 76.6 Å². The van der Waals surface area contributed by atoms with Gasteiger partial charge < -0.3 is 35.2 Å². The summed E-state index contributed by atoms with van der Waals surface area (Å²) in [6.07, 6.45) is -3.59. The van der Waals surface area contributed by atoms with Gasteiger partial charge in [-0.05, 0) is 12.1 Å². The van der Waals surface area contributed by atoms with Crippen molar-refractivity contribution < 1.29 is 38.8 Å². The van der Waals surface area contributed by atoms with E-state index in [-0.39, 0.29) is 28.3 Å². The van der Waals surface area contributed by atoms with E-state index in [0.717, 1.165) is 0 Å². The van der Waals surface area contributed by atoms with Crippen molar-refractivity contribution >= 4 is 30.4 Å². The van der Waals surface area contributed by atoms with Crippen molar-refractivity contribution in [3.8, 4) is 5.75 Å². The molecule has 6 N–H and O–H groups in total. The molecule has 1 aliphatic heterocycles. The maximum absolute atomic E-state index is 12.4. The van der Waals surface area contributed by atoms with E-state index in [1.54, 1.807) is 0 Å². The highest BCUT2D eigenvalue weighted by atomic mass is 31.2. The molecule has 0 radical (unpaired) electrons. The maximum atomic E-state index is 12.4. The number of aliphatic hydroxyl groups is 2. The number of imidazole rings is 1. The van der Waals surface area contributed by atoms with Crippen molar-refractivity contribution in [3.05, 3.63) is 42.5 Å². The minimum absolute atomic E-state index is 0.119. The van der Waals surface area contributed by atoms with E-state index in [2.05, 4.69) is 15.0 Å². The topological polar surface area (TPSA) is 203 Å². The van der Waals surface area contributed by atoms with E-state index in [0.29, 0.717) is 0 Å². The number of phenolic OH excluding ortho intramolecular Hbond substituents is 1. The molecule has 1 unspecified atom stereocenters. The first kappa shape index (κ1) is 22.3. The number of aromatic hydroxyl groups is 1. The first-order valence-electron chi connectivity index (χ1n) is 9.40. The molecule has 13 nitrogen and oxygen atoms in total. The number of anilines is 1. The summed E-state index contributed by atoms with van der Waals surface area (Å²) in [7, 11) is -4.45. The monoisotopic (exact) mass is 465 g/mol. The Bertz CT molecular complexity index is 1200. The van der Waals surface area contributed by atoms with E-state index in [1.165, 1.54) is 41.5 Å². The number of para-hydroxylation sites is 1. The van der Waals surface area contributed by atoms with Crippen molar-refractivity contribution in [1.29, 1.82) is 0 Å². The summed E-state index contributed by atoms with van der Waals surface area (Å²) in [4.78, 5) is 34.2. The zero-order valence-corrected chi connectivity index (χ0v) is 17.3. The summed E-state index contributed by atoms with van der Waals surface area (Å²) >= 11 is 0. The Hall–Kier alpha value is -2.93. The molecular formula is C18H20N5O8P. The summed E-state index contributed by atoms with van der Waals surface area (Å²) in [5.74, 6) is -0.992. The van der Waals surface area contributed by atoms with Gasteiger partial charge in [0, 0.05) is 0 Å².